The van der Waals surface area contributed by atoms with Gasteiger partial charge < -0.3 is 5.32 Å². The molecule has 1 aromatic rings. The lowest BCUT2D eigenvalue weighted by atomic mass is 9.76. The van der Waals surface area contributed by atoms with Crippen molar-refractivity contribution in [1.29, 1.82) is 0 Å². The summed E-state index contributed by atoms with van der Waals surface area (Å²) < 4.78 is 1.30. The van der Waals surface area contributed by atoms with E-state index in [1.165, 1.54) is 54.3 Å². The maximum atomic E-state index is 3.84. The van der Waals surface area contributed by atoms with E-state index < -0.39 is 0 Å². The van der Waals surface area contributed by atoms with Crippen LogP contribution < -0.4 is 5.32 Å². The fourth-order valence-corrected chi connectivity index (χ4v) is 5.05. The molecule has 20 heavy (non-hydrogen) atoms. The second kappa shape index (κ2) is 8.55. The molecule has 114 valence electrons. The number of thiophene rings is 1. The van der Waals surface area contributed by atoms with Crippen LogP contribution in [0.25, 0.3) is 0 Å². The van der Waals surface area contributed by atoms with E-state index in [1.54, 1.807) is 0 Å². The molecule has 0 aromatic carbocycles. The number of halogens is 1. The molecule has 3 unspecified atom stereocenters. The Hall–Kier alpha value is 0.140. The first-order valence-corrected chi connectivity index (χ1v) is 9.87. The fourth-order valence-electron chi connectivity index (χ4n) is 3.47. The Morgan fingerprint density at radius 1 is 1.40 bits per heavy atom. The van der Waals surface area contributed by atoms with Crippen molar-refractivity contribution in [3.63, 3.8) is 0 Å². The summed E-state index contributed by atoms with van der Waals surface area (Å²) in [7, 11) is 0. The largest absolute Gasteiger partial charge is 0.313 e. The van der Waals surface area contributed by atoms with Crippen LogP contribution in [0.1, 0.15) is 57.2 Å². The van der Waals surface area contributed by atoms with Gasteiger partial charge in [0, 0.05) is 15.4 Å². The Labute approximate surface area is 136 Å². The van der Waals surface area contributed by atoms with E-state index >= 15 is 0 Å². The molecule has 1 heterocycles. The van der Waals surface area contributed by atoms with Gasteiger partial charge in [-0.3, -0.25) is 0 Å². The molecule has 1 aliphatic carbocycles. The maximum Gasteiger partial charge on any atom is 0.0314 e. The lowest BCUT2D eigenvalue weighted by molar-refractivity contribution is 0.207. The van der Waals surface area contributed by atoms with Crippen LogP contribution in [-0.4, -0.2) is 12.6 Å². The molecule has 0 amide bonds. The first-order valence-electron chi connectivity index (χ1n) is 8.19. The van der Waals surface area contributed by atoms with Crippen LogP contribution in [0.4, 0.5) is 0 Å². The molecule has 1 aromatic heterocycles. The Balaban J connectivity index is 2.00. The first kappa shape index (κ1) is 16.5. The van der Waals surface area contributed by atoms with Gasteiger partial charge in [0.1, 0.15) is 0 Å². The van der Waals surface area contributed by atoms with Crippen LogP contribution in [0.2, 0.25) is 0 Å². The monoisotopic (exact) mass is 357 g/mol. The zero-order chi connectivity index (χ0) is 14.4. The SMILES string of the molecule is CCCNC(Cc1sccc1Br)C1CCCC(CC)C1. The lowest BCUT2D eigenvalue weighted by Crippen LogP contribution is -2.40. The molecule has 0 saturated heterocycles. The highest BCUT2D eigenvalue weighted by Gasteiger charge is 2.28. The molecule has 3 heteroatoms. The van der Waals surface area contributed by atoms with Crippen molar-refractivity contribution in [2.45, 2.75) is 64.8 Å². The summed E-state index contributed by atoms with van der Waals surface area (Å²) in [6, 6.07) is 2.85. The molecule has 0 radical (unpaired) electrons. The van der Waals surface area contributed by atoms with Gasteiger partial charge in [-0.2, -0.15) is 0 Å². The fraction of sp³-hybridized carbons (Fsp3) is 0.765. The third-order valence-electron chi connectivity index (χ3n) is 4.72. The topological polar surface area (TPSA) is 12.0 Å². The Bertz CT molecular complexity index is 390. The quantitative estimate of drug-likeness (QED) is 0.665. The minimum absolute atomic E-state index is 0.666. The van der Waals surface area contributed by atoms with E-state index in [-0.39, 0.29) is 0 Å². The van der Waals surface area contributed by atoms with Crippen molar-refractivity contribution in [2.24, 2.45) is 11.8 Å². The van der Waals surface area contributed by atoms with Crippen molar-refractivity contribution in [1.82, 2.24) is 5.32 Å². The molecule has 1 saturated carbocycles. The molecule has 0 aliphatic heterocycles. The third-order valence-corrected chi connectivity index (χ3v) is 6.67. The highest BCUT2D eigenvalue weighted by atomic mass is 79.9. The van der Waals surface area contributed by atoms with Gasteiger partial charge in [0.15, 0.2) is 0 Å². The normalized spacial score (nSPS) is 24.8. The smallest absolute Gasteiger partial charge is 0.0314 e. The van der Waals surface area contributed by atoms with E-state index in [9.17, 15) is 0 Å². The average Bonchev–Trinajstić information content (AvgIpc) is 2.88. The van der Waals surface area contributed by atoms with Gasteiger partial charge in [0.05, 0.1) is 0 Å². The van der Waals surface area contributed by atoms with Crippen molar-refractivity contribution >= 4 is 27.3 Å². The van der Waals surface area contributed by atoms with Gasteiger partial charge >= 0.3 is 0 Å². The summed E-state index contributed by atoms with van der Waals surface area (Å²) >= 11 is 5.59. The maximum absolute atomic E-state index is 3.84. The summed E-state index contributed by atoms with van der Waals surface area (Å²) in [5.41, 5.74) is 0. The van der Waals surface area contributed by atoms with E-state index in [0.717, 1.165) is 18.4 Å². The second-order valence-corrected chi connectivity index (χ2v) is 8.01. The van der Waals surface area contributed by atoms with Crippen molar-refractivity contribution in [3.8, 4) is 0 Å². The molecule has 1 nitrogen and oxygen atoms in total. The number of rotatable bonds is 7. The standard InChI is InChI=1S/C17H28BrNS/c1-3-9-19-16(12-17-15(18)8-10-20-17)14-7-5-6-13(4-2)11-14/h8,10,13-14,16,19H,3-7,9,11-12H2,1-2H3. The number of nitrogens with one attached hydrogen (secondary N) is 1. The van der Waals surface area contributed by atoms with Crippen LogP contribution in [0.5, 0.6) is 0 Å². The predicted molar refractivity (Wildman–Crippen MR) is 93.5 cm³/mol. The van der Waals surface area contributed by atoms with Crippen LogP contribution in [0, 0.1) is 11.8 Å². The molecule has 0 spiro atoms. The highest BCUT2D eigenvalue weighted by Crippen LogP contribution is 2.35. The Morgan fingerprint density at radius 2 is 2.25 bits per heavy atom. The highest BCUT2D eigenvalue weighted by molar-refractivity contribution is 9.10. The molecule has 1 aliphatic rings. The lowest BCUT2D eigenvalue weighted by Gasteiger charge is -2.35. The second-order valence-electron chi connectivity index (χ2n) is 6.16. The molecular weight excluding hydrogens is 330 g/mol. The van der Waals surface area contributed by atoms with Crippen LogP contribution >= 0.6 is 27.3 Å². The molecular formula is C17H28BrNS. The van der Waals surface area contributed by atoms with Gasteiger partial charge in [0.2, 0.25) is 0 Å². The van der Waals surface area contributed by atoms with Gasteiger partial charge in [-0.05, 0) is 71.4 Å². The summed E-state index contributed by atoms with van der Waals surface area (Å²) in [5.74, 6) is 1.83. The van der Waals surface area contributed by atoms with Crippen LogP contribution in [0.15, 0.2) is 15.9 Å². The van der Waals surface area contributed by atoms with E-state index in [4.69, 9.17) is 0 Å². The molecule has 1 fully saturated rings. The summed E-state index contributed by atoms with van der Waals surface area (Å²) in [6.45, 7) is 5.78. The number of hydrogen-bond donors (Lipinski definition) is 1. The van der Waals surface area contributed by atoms with Gasteiger partial charge in [-0.1, -0.05) is 33.1 Å². The molecule has 1 N–H and O–H groups in total. The first-order chi connectivity index (χ1) is 9.74. The van der Waals surface area contributed by atoms with Crippen LogP contribution in [0.3, 0.4) is 0 Å². The Kier molecular flexibility index (Phi) is 7.06. The minimum Gasteiger partial charge on any atom is -0.313 e. The minimum atomic E-state index is 0.666. The zero-order valence-corrected chi connectivity index (χ0v) is 15.2. The van der Waals surface area contributed by atoms with E-state index in [2.05, 4.69) is 46.5 Å². The molecule has 3 atom stereocenters. The number of hydrogen-bond acceptors (Lipinski definition) is 2. The average molecular weight is 358 g/mol. The third kappa shape index (κ3) is 4.57. The van der Waals surface area contributed by atoms with Crippen molar-refractivity contribution in [2.75, 3.05) is 6.54 Å². The van der Waals surface area contributed by atoms with Gasteiger partial charge in [0.25, 0.3) is 0 Å². The van der Waals surface area contributed by atoms with Crippen molar-refractivity contribution in [3.05, 3.63) is 20.8 Å². The predicted octanol–water partition coefficient (Wildman–Crippen LogP) is 5.64. The zero-order valence-electron chi connectivity index (χ0n) is 12.8. The summed E-state index contributed by atoms with van der Waals surface area (Å²) in [4.78, 5) is 1.51. The Morgan fingerprint density at radius 3 is 2.90 bits per heavy atom. The summed E-state index contributed by atoms with van der Waals surface area (Å²) in [6.07, 6.45) is 9.52. The van der Waals surface area contributed by atoms with E-state index in [0.29, 0.717) is 6.04 Å². The van der Waals surface area contributed by atoms with Gasteiger partial charge in [-0.25, -0.2) is 0 Å². The summed E-state index contributed by atoms with van der Waals surface area (Å²) in [5, 5.41) is 6.04. The van der Waals surface area contributed by atoms with Crippen LogP contribution in [-0.2, 0) is 6.42 Å². The molecule has 2 rings (SSSR count). The van der Waals surface area contributed by atoms with E-state index in [1.807, 2.05) is 11.3 Å². The van der Waals surface area contributed by atoms with Crippen molar-refractivity contribution < 1.29 is 0 Å². The van der Waals surface area contributed by atoms with Gasteiger partial charge in [-0.15, -0.1) is 11.3 Å². The molecule has 0 bridgehead atoms.